The summed E-state index contributed by atoms with van der Waals surface area (Å²) in [4.78, 5) is 52.5. The highest BCUT2D eigenvalue weighted by molar-refractivity contribution is 8.71. The van der Waals surface area contributed by atoms with Crippen molar-refractivity contribution in [1.82, 2.24) is 0 Å². The Bertz CT molecular complexity index is 1330. The first-order valence-corrected chi connectivity index (χ1v) is 16.2. The molecule has 0 aromatic heterocycles. The molecule has 2 aromatic rings. The van der Waals surface area contributed by atoms with Crippen LogP contribution in [0.5, 0.6) is 5.75 Å². The lowest BCUT2D eigenvalue weighted by Crippen LogP contribution is -2.20. The summed E-state index contributed by atoms with van der Waals surface area (Å²) in [5.41, 5.74) is 2.05. The molecule has 41 heavy (non-hydrogen) atoms. The largest absolute Gasteiger partial charge is 0.461 e. The van der Waals surface area contributed by atoms with Gasteiger partial charge in [0.2, 0.25) is 5.91 Å². The highest BCUT2D eigenvalue weighted by Crippen LogP contribution is 2.26. The first-order valence-electron chi connectivity index (χ1n) is 12.8. The molecule has 2 aromatic carbocycles. The molecule has 1 unspecified atom stereocenters. The summed E-state index contributed by atoms with van der Waals surface area (Å²) in [6.45, 7) is 5.47. The van der Waals surface area contributed by atoms with Crippen LogP contribution in [0.1, 0.15) is 61.0 Å². The van der Waals surface area contributed by atoms with E-state index in [1.807, 2.05) is 24.3 Å². The molecule has 0 saturated carbocycles. The first-order chi connectivity index (χ1) is 19.2. The lowest BCUT2D eigenvalue weighted by Gasteiger charge is -2.16. The number of carbonyl (C=O) groups is 3. The van der Waals surface area contributed by atoms with Crippen LogP contribution in [0.3, 0.4) is 0 Å². The van der Waals surface area contributed by atoms with Crippen LogP contribution < -0.4 is 10.1 Å². The maximum absolute atomic E-state index is 13.0. The van der Waals surface area contributed by atoms with Gasteiger partial charge in [-0.25, -0.2) is 13.2 Å². The molecule has 0 fully saturated rings. The van der Waals surface area contributed by atoms with Crippen LogP contribution in [0.25, 0.3) is 0 Å². The van der Waals surface area contributed by atoms with E-state index in [1.165, 1.54) is 23.8 Å². The minimum absolute atomic E-state index is 0.00673. The van der Waals surface area contributed by atoms with Crippen molar-refractivity contribution in [3.05, 3.63) is 69.3 Å². The van der Waals surface area contributed by atoms with Gasteiger partial charge >= 0.3 is 11.9 Å². The summed E-state index contributed by atoms with van der Waals surface area (Å²) < 4.78 is 33.1. The predicted molar refractivity (Wildman–Crippen MR) is 154 cm³/mol. The number of nitrogens with one attached hydrogen (secondary N) is 1. The van der Waals surface area contributed by atoms with E-state index in [-0.39, 0.29) is 54.7 Å². The number of esters is 2. The van der Waals surface area contributed by atoms with Crippen molar-refractivity contribution in [2.45, 2.75) is 46.0 Å². The molecule has 0 aliphatic rings. The summed E-state index contributed by atoms with van der Waals surface area (Å²) in [5, 5.41) is 12.0. The molecule has 0 bridgehead atoms. The third kappa shape index (κ3) is 12.6. The molecule has 12 nitrogen and oxygen atoms in total. The van der Waals surface area contributed by atoms with Gasteiger partial charge in [0.25, 0.3) is 5.09 Å². The second kappa shape index (κ2) is 16.0. The molecule has 0 heterocycles. The number of rotatable bonds is 16. The zero-order chi connectivity index (χ0) is 30.6. The molecule has 0 aliphatic carbocycles. The fraction of sp³-hybridized carbons (Fsp3) is 0.444. The van der Waals surface area contributed by atoms with Crippen LogP contribution >= 0.6 is 10.8 Å². The second-order valence-corrected chi connectivity index (χ2v) is 14.1. The molecule has 0 spiro atoms. The Morgan fingerprint density at radius 3 is 2.34 bits per heavy atom. The average Bonchev–Trinajstić information content (AvgIpc) is 2.89. The van der Waals surface area contributed by atoms with Crippen LogP contribution in [0.2, 0.25) is 0 Å². The fourth-order valence-electron chi connectivity index (χ4n) is 3.60. The highest BCUT2D eigenvalue weighted by Gasteiger charge is 2.21. The lowest BCUT2D eigenvalue weighted by molar-refractivity contribution is -0.757. The Kier molecular flexibility index (Phi) is 13.1. The van der Waals surface area contributed by atoms with E-state index in [2.05, 4.69) is 24.0 Å². The van der Waals surface area contributed by atoms with Crippen LogP contribution in [-0.2, 0) is 34.5 Å². The molecule has 2 rings (SSSR count). The Labute approximate surface area is 242 Å². The summed E-state index contributed by atoms with van der Waals surface area (Å²) in [7, 11) is -2.72. The molecule has 1 amide bonds. The third-order valence-corrected chi connectivity index (χ3v) is 8.09. The molecule has 14 heteroatoms. The number of nitrogens with zero attached hydrogens (tertiary/aromatic N) is 1. The Balaban J connectivity index is 2.16. The zero-order valence-corrected chi connectivity index (χ0v) is 24.9. The highest BCUT2D eigenvalue weighted by atomic mass is 33.1. The zero-order valence-electron chi connectivity index (χ0n) is 23.3. The van der Waals surface area contributed by atoms with Gasteiger partial charge in [0, 0.05) is 24.1 Å². The van der Waals surface area contributed by atoms with E-state index in [9.17, 15) is 32.9 Å². The smallest absolute Gasteiger partial charge is 0.342 e. The Morgan fingerprint density at radius 2 is 1.73 bits per heavy atom. The minimum Gasteiger partial charge on any atom is -0.461 e. The quantitative estimate of drug-likeness (QED) is 0.0715. The number of anilines is 1. The monoisotopic (exact) mass is 610 g/mol. The summed E-state index contributed by atoms with van der Waals surface area (Å²) in [6.07, 6.45) is 1.74. The topological polar surface area (TPSA) is 168 Å². The van der Waals surface area contributed by atoms with E-state index in [0.29, 0.717) is 16.7 Å². The third-order valence-electron chi connectivity index (χ3n) is 5.54. The summed E-state index contributed by atoms with van der Waals surface area (Å²) in [5.74, 6) is -2.18. The number of amides is 1. The van der Waals surface area contributed by atoms with Crippen molar-refractivity contribution < 1.29 is 42.2 Å². The van der Waals surface area contributed by atoms with Gasteiger partial charge in [0.1, 0.15) is 17.9 Å². The van der Waals surface area contributed by atoms with Crippen molar-refractivity contribution in [1.29, 1.82) is 0 Å². The van der Waals surface area contributed by atoms with Crippen molar-refractivity contribution >= 4 is 43.2 Å². The fourth-order valence-corrected chi connectivity index (χ4v) is 5.17. The molecule has 0 radical (unpaired) electrons. The molecule has 0 saturated heterocycles. The first kappa shape index (κ1) is 33.6. The number of carbonyl (C=O) groups excluding carboxylic acids is 3. The van der Waals surface area contributed by atoms with Crippen LogP contribution in [-0.4, -0.2) is 56.6 Å². The van der Waals surface area contributed by atoms with Gasteiger partial charge in [-0.15, -0.1) is 10.1 Å². The molecule has 224 valence electrons. The molecule has 1 N–H and O–H groups in total. The average molecular weight is 611 g/mol. The van der Waals surface area contributed by atoms with Gasteiger partial charge in [-0.2, -0.15) is 0 Å². The van der Waals surface area contributed by atoms with E-state index in [4.69, 9.17) is 9.47 Å². The van der Waals surface area contributed by atoms with E-state index >= 15 is 0 Å². The Hall–Kier alpha value is -3.65. The van der Waals surface area contributed by atoms with Crippen LogP contribution in [0.15, 0.2) is 42.5 Å². The van der Waals surface area contributed by atoms with Gasteiger partial charge in [-0.05, 0) is 65.8 Å². The maximum atomic E-state index is 13.0. The van der Waals surface area contributed by atoms with Crippen molar-refractivity contribution in [2.24, 2.45) is 5.92 Å². The number of benzene rings is 2. The number of hydrogen-bond acceptors (Lipinski definition) is 11. The van der Waals surface area contributed by atoms with Gasteiger partial charge in [-0.3, -0.25) is 9.59 Å². The molecular weight excluding hydrogens is 576 g/mol. The second-order valence-electron chi connectivity index (χ2n) is 9.56. The molecular formula is C27H34N2O10S2. The van der Waals surface area contributed by atoms with Gasteiger partial charge in [0.15, 0.2) is 8.87 Å². The predicted octanol–water partition coefficient (Wildman–Crippen LogP) is 4.37. The molecule has 0 aliphatic heterocycles. The van der Waals surface area contributed by atoms with Crippen molar-refractivity contribution in [3.63, 3.8) is 0 Å². The molecule has 1 atom stereocenters. The number of ether oxygens (including phenoxy) is 2. The van der Waals surface area contributed by atoms with Gasteiger partial charge < -0.3 is 19.6 Å². The van der Waals surface area contributed by atoms with E-state index < -0.39 is 31.8 Å². The van der Waals surface area contributed by atoms with Gasteiger partial charge in [-0.1, -0.05) is 38.1 Å². The van der Waals surface area contributed by atoms with Crippen LogP contribution in [0.4, 0.5) is 5.69 Å². The lowest BCUT2D eigenvalue weighted by atomic mass is 9.96. The van der Waals surface area contributed by atoms with Crippen LogP contribution in [0, 0.1) is 16.0 Å². The maximum Gasteiger partial charge on any atom is 0.342 e. The standard InChI is InChI=1S/C27H34N2O10S2/c1-18(2)16-20-7-9-21(10-8-20)19(3)26(31)28-22-11-12-24(39-25(30)6-5-13-38-29(33)34)23(17-22)27(32)37-14-15-40-41(4,35)36/h7-12,17-19H,5-6,13-16H2,1-4H3,(H,28,31). The van der Waals surface area contributed by atoms with E-state index in [0.717, 1.165) is 18.2 Å². The summed E-state index contributed by atoms with van der Waals surface area (Å²) >= 11 is 0. The Morgan fingerprint density at radius 1 is 1.05 bits per heavy atom. The minimum atomic E-state index is -3.33. The summed E-state index contributed by atoms with van der Waals surface area (Å²) in [6, 6.07) is 11.8. The SMILES string of the molecule is CC(C)Cc1ccc(C(C)C(=O)Nc2ccc(OC(=O)CCCO[N+](=O)[O-])c(C(=O)OCCSS(C)(=O)=O)c2)cc1. The van der Waals surface area contributed by atoms with Gasteiger partial charge in [0.05, 0.1) is 12.5 Å². The number of hydrogen-bond donors (Lipinski definition) is 1. The normalized spacial score (nSPS) is 11.9. The van der Waals surface area contributed by atoms with E-state index in [1.54, 1.807) is 6.92 Å². The van der Waals surface area contributed by atoms with Crippen molar-refractivity contribution in [3.8, 4) is 5.75 Å². The van der Waals surface area contributed by atoms with Crippen molar-refractivity contribution in [2.75, 3.05) is 30.5 Å².